The number of rotatable bonds is 4. The first-order valence-corrected chi connectivity index (χ1v) is 7.26. The van der Waals surface area contributed by atoms with Crippen LogP contribution in [0.1, 0.15) is 43.7 Å². The van der Waals surface area contributed by atoms with Crippen LogP contribution in [0, 0.1) is 6.92 Å². The van der Waals surface area contributed by atoms with Crippen molar-refractivity contribution in [3.8, 4) is 0 Å². The van der Waals surface area contributed by atoms with Crippen LogP contribution in [-0.2, 0) is 6.54 Å². The van der Waals surface area contributed by atoms with Crippen LogP contribution < -0.4 is 5.73 Å². The summed E-state index contributed by atoms with van der Waals surface area (Å²) in [4.78, 5) is 2.59. The van der Waals surface area contributed by atoms with Crippen LogP contribution >= 0.6 is 0 Å². The summed E-state index contributed by atoms with van der Waals surface area (Å²) >= 11 is 0. The van der Waals surface area contributed by atoms with Gasteiger partial charge >= 0.3 is 0 Å². The van der Waals surface area contributed by atoms with Crippen LogP contribution in [0.15, 0.2) is 24.3 Å². The Morgan fingerprint density at radius 3 is 2.67 bits per heavy atom. The molecule has 18 heavy (non-hydrogen) atoms. The van der Waals surface area contributed by atoms with Gasteiger partial charge in [0.15, 0.2) is 0 Å². The summed E-state index contributed by atoms with van der Waals surface area (Å²) < 4.78 is 0. The molecule has 1 aliphatic rings. The lowest BCUT2D eigenvalue weighted by Crippen LogP contribution is -2.49. The molecule has 1 heterocycles. The predicted octanol–water partition coefficient (Wildman–Crippen LogP) is 3.09. The Morgan fingerprint density at radius 2 is 2.00 bits per heavy atom. The molecule has 0 aliphatic carbocycles. The summed E-state index contributed by atoms with van der Waals surface area (Å²) in [5, 5.41) is 0. The lowest BCUT2D eigenvalue weighted by molar-refractivity contribution is 0.117. The van der Waals surface area contributed by atoms with Crippen LogP contribution in [0.3, 0.4) is 0 Å². The van der Waals surface area contributed by atoms with Gasteiger partial charge in [-0.3, -0.25) is 4.90 Å². The van der Waals surface area contributed by atoms with E-state index in [9.17, 15) is 0 Å². The largest absolute Gasteiger partial charge is 0.326 e. The van der Waals surface area contributed by atoms with Gasteiger partial charge in [-0.2, -0.15) is 0 Å². The number of likely N-dealkylation sites (tertiary alicyclic amines) is 1. The number of nitrogens with two attached hydrogens (primary N) is 1. The quantitative estimate of drug-likeness (QED) is 0.884. The standard InChI is InChI=1S/C16H26N2/c1-3-15(17)16-6-4-5-11-18(16)12-14-9-7-13(2)8-10-14/h7-10,15-16H,3-6,11-12,17H2,1-2H3. The Balaban J connectivity index is 2.03. The van der Waals surface area contributed by atoms with Crippen molar-refractivity contribution >= 4 is 0 Å². The second kappa shape index (κ2) is 6.35. The van der Waals surface area contributed by atoms with Crippen molar-refractivity contribution in [1.82, 2.24) is 4.90 Å². The number of piperidine rings is 1. The van der Waals surface area contributed by atoms with E-state index in [1.54, 1.807) is 0 Å². The molecule has 0 saturated carbocycles. The van der Waals surface area contributed by atoms with Gasteiger partial charge in [0, 0.05) is 18.6 Å². The lowest BCUT2D eigenvalue weighted by atomic mass is 9.94. The average Bonchev–Trinajstić information content (AvgIpc) is 2.41. The van der Waals surface area contributed by atoms with E-state index in [1.165, 1.54) is 36.9 Å². The fourth-order valence-electron chi connectivity index (χ4n) is 2.90. The molecule has 2 heteroatoms. The molecule has 1 fully saturated rings. The fourth-order valence-corrected chi connectivity index (χ4v) is 2.90. The molecule has 1 saturated heterocycles. The Bertz CT molecular complexity index is 358. The minimum atomic E-state index is 0.329. The van der Waals surface area contributed by atoms with Crippen molar-refractivity contribution < 1.29 is 0 Å². The van der Waals surface area contributed by atoms with E-state index >= 15 is 0 Å². The van der Waals surface area contributed by atoms with Gasteiger partial charge in [0.2, 0.25) is 0 Å². The Labute approximate surface area is 111 Å². The van der Waals surface area contributed by atoms with Crippen LogP contribution in [0.2, 0.25) is 0 Å². The zero-order valence-corrected chi connectivity index (χ0v) is 11.7. The smallest absolute Gasteiger partial charge is 0.0250 e. The minimum Gasteiger partial charge on any atom is -0.326 e. The van der Waals surface area contributed by atoms with Gasteiger partial charge in [0.25, 0.3) is 0 Å². The SMILES string of the molecule is CCC(N)C1CCCCN1Cc1ccc(C)cc1. The zero-order valence-electron chi connectivity index (χ0n) is 11.7. The van der Waals surface area contributed by atoms with Crippen LogP contribution in [0.25, 0.3) is 0 Å². The average molecular weight is 246 g/mol. The van der Waals surface area contributed by atoms with Gasteiger partial charge in [-0.25, -0.2) is 0 Å². The Morgan fingerprint density at radius 1 is 1.28 bits per heavy atom. The molecule has 2 nitrogen and oxygen atoms in total. The lowest BCUT2D eigenvalue weighted by Gasteiger charge is -2.39. The van der Waals surface area contributed by atoms with Crippen molar-refractivity contribution in [2.75, 3.05) is 6.54 Å². The first kappa shape index (κ1) is 13.6. The molecule has 1 aliphatic heterocycles. The highest BCUT2D eigenvalue weighted by atomic mass is 15.2. The summed E-state index contributed by atoms with van der Waals surface area (Å²) in [6.07, 6.45) is 5.00. The maximum Gasteiger partial charge on any atom is 0.0250 e. The van der Waals surface area contributed by atoms with Crippen molar-refractivity contribution in [3.63, 3.8) is 0 Å². The minimum absolute atomic E-state index is 0.329. The second-order valence-corrected chi connectivity index (χ2v) is 5.59. The van der Waals surface area contributed by atoms with E-state index in [1.807, 2.05) is 0 Å². The van der Waals surface area contributed by atoms with Gasteiger partial charge < -0.3 is 5.73 Å². The van der Waals surface area contributed by atoms with Crippen molar-refractivity contribution in [2.24, 2.45) is 5.73 Å². The second-order valence-electron chi connectivity index (χ2n) is 5.59. The van der Waals surface area contributed by atoms with Crippen LogP contribution in [0.4, 0.5) is 0 Å². The van der Waals surface area contributed by atoms with E-state index in [4.69, 9.17) is 5.73 Å². The third-order valence-electron chi connectivity index (χ3n) is 4.14. The molecule has 0 amide bonds. The fraction of sp³-hybridized carbons (Fsp3) is 0.625. The first-order chi connectivity index (χ1) is 8.70. The molecule has 2 N–H and O–H groups in total. The normalized spacial score (nSPS) is 22.9. The maximum atomic E-state index is 6.27. The van der Waals surface area contributed by atoms with E-state index in [-0.39, 0.29) is 0 Å². The van der Waals surface area contributed by atoms with Crippen molar-refractivity contribution in [2.45, 2.75) is 58.2 Å². The van der Waals surface area contributed by atoms with Gasteiger partial charge in [0.1, 0.15) is 0 Å². The zero-order chi connectivity index (χ0) is 13.0. The van der Waals surface area contributed by atoms with E-state index in [0.29, 0.717) is 12.1 Å². The summed E-state index contributed by atoms with van der Waals surface area (Å²) in [7, 11) is 0. The number of hydrogen-bond acceptors (Lipinski definition) is 2. The van der Waals surface area contributed by atoms with Crippen LogP contribution in [-0.4, -0.2) is 23.5 Å². The Hall–Kier alpha value is -0.860. The number of hydrogen-bond donors (Lipinski definition) is 1. The summed E-state index contributed by atoms with van der Waals surface area (Å²) in [5.74, 6) is 0. The molecule has 2 rings (SSSR count). The highest BCUT2D eigenvalue weighted by Gasteiger charge is 2.26. The highest BCUT2D eigenvalue weighted by Crippen LogP contribution is 2.22. The predicted molar refractivity (Wildman–Crippen MR) is 77.5 cm³/mol. The van der Waals surface area contributed by atoms with Gasteiger partial charge in [-0.05, 0) is 38.3 Å². The topological polar surface area (TPSA) is 29.3 Å². The molecule has 0 aromatic heterocycles. The maximum absolute atomic E-state index is 6.27. The summed E-state index contributed by atoms with van der Waals surface area (Å²) in [6, 6.07) is 9.81. The van der Waals surface area contributed by atoms with Gasteiger partial charge in [-0.1, -0.05) is 43.2 Å². The molecule has 0 spiro atoms. The molecule has 1 aromatic carbocycles. The molecule has 0 bridgehead atoms. The van der Waals surface area contributed by atoms with E-state index in [0.717, 1.165) is 13.0 Å². The van der Waals surface area contributed by atoms with Crippen LogP contribution in [0.5, 0.6) is 0 Å². The molecule has 0 radical (unpaired) electrons. The molecule has 100 valence electrons. The van der Waals surface area contributed by atoms with E-state index < -0.39 is 0 Å². The van der Waals surface area contributed by atoms with E-state index in [2.05, 4.69) is 43.0 Å². The molecule has 1 aromatic rings. The molecular weight excluding hydrogens is 220 g/mol. The summed E-state index contributed by atoms with van der Waals surface area (Å²) in [6.45, 7) is 6.59. The third kappa shape index (κ3) is 3.33. The first-order valence-electron chi connectivity index (χ1n) is 7.26. The monoisotopic (exact) mass is 246 g/mol. The number of benzene rings is 1. The third-order valence-corrected chi connectivity index (χ3v) is 4.14. The van der Waals surface area contributed by atoms with Gasteiger partial charge in [-0.15, -0.1) is 0 Å². The number of aryl methyl sites for hydroxylation is 1. The summed E-state index contributed by atoms with van der Waals surface area (Å²) in [5.41, 5.74) is 9.02. The van der Waals surface area contributed by atoms with Crippen molar-refractivity contribution in [3.05, 3.63) is 35.4 Å². The molecule has 2 atom stereocenters. The Kier molecular flexibility index (Phi) is 4.79. The van der Waals surface area contributed by atoms with Crippen molar-refractivity contribution in [1.29, 1.82) is 0 Å². The highest BCUT2D eigenvalue weighted by molar-refractivity contribution is 5.21. The van der Waals surface area contributed by atoms with Gasteiger partial charge in [0.05, 0.1) is 0 Å². The molecular formula is C16H26N2. The number of nitrogens with zero attached hydrogens (tertiary/aromatic N) is 1. The molecule has 2 unspecified atom stereocenters.